The average molecular weight is 585 g/mol. The second-order valence-corrected chi connectivity index (χ2v) is 16.8. The van der Waals surface area contributed by atoms with Gasteiger partial charge in [-0.25, -0.2) is 0 Å². The van der Waals surface area contributed by atoms with Crippen LogP contribution in [0.4, 0.5) is 22.7 Å². The van der Waals surface area contributed by atoms with Crippen molar-refractivity contribution in [1.82, 2.24) is 9.97 Å². The predicted octanol–water partition coefficient (Wildman–Crippen LogP) is 8.27. The fourth-order valence-electron chi connectivity index (χ4n) is 6.06. The number of nitrogens with one attached hydrogen (secondary N) is 2. The average Bonchev–Trinajstić information content (AvgIpc) is 2.98. The summed E-state index contributed by atoms with van der Waals surface area (Å²) < 4.78 is 0. The van der Waals surface area contributed by atoms with Gasteiger partial charge in [0.1, 0.15) is 0 Å². The maximum absolute atomic E-state index is 4.76. The number of hydrogen-bond acceptors (Lipinski definition) is 4. The monoisotopic (exact) mass is 584 g/mol. The molecule has 2 unspecified atom stereocenters. The van der Waals surface area contributed by atoms with E-state index in [0.717, 1.165) is 22.4 Å². The quantitative estimate of drug-likeness (QED) is 0.201. The number of rotatable bonds is 2. The van der Waals surface area contributed by atoms with Crippen molar-refractivity contribution in [2.45, 2.75) is 39.0 Å². The molecule has 2 N–H and O–H groups in total. The summed E-state index contributed by atoms with van der Waals surface area (Å²) in [6.45, 7) is 9.40. The Hall–Kier alpha value is -3.84. The Morgan fingerprint density at radius 1 is 0.476 bits per heavy atom. The second-order valence-electron chi connectivity index (χ2n) is 11.3. The van der Waals surface area contributed by atoms with Gasteiger partial charge < -0.3 is 10.6 Å². The molecular weight excluding hydrogens is 550 g/mol. The van der Waals surface area contributed by atoms with Gasteiger partial charge in [-0.05, 0) is 75.7 Å². The number of hydrogen-bond donors (Lipinski definition) is 2. The molecule has 0 fully saturated rings. The Balaban J connectivity index is 1.59. The van der Waals surface area contributed by atoms with Crippen molar-refractivity contribution < 1.29 is 0 Å². The van der Waals surface area contributed by atoms with Gasteiger partial charge in [-0.2, -0.15) is 0 Å². The number of fused-ring (bicyclic) bond motifs is 6. The van der Waals surface area contributed by atoms with Crippen LogP contribution >= 0.6 is 15.8 Å². The van der Waals surface area contributed by atoms with Crippen molar-refractivity contribution >= 4 is 81.6 Å². The summed E-state index contributed by atoms with van der Waals surface area (Å²) in [5, 5.41) is 15.7. The molecule has 0 saturated heterocycles. The third kappa shape index (κ3) is 4.83. The maximum Gasteiger partial charge on any atom is 0.0723 e. The van der Waals surface area contributed by atoms with E-state index in [9.17, 15) is 0 Å². The van der Waals surface area contributed by atoms with Crippen molar-refractivity contribution in [3.8, 4) is 0 Å². The summed E-state index contributed by atoms with van der Waals surface area (Å²) in [5.41, 5.74) is 7.45. The summed E-state index contributed by atoms with van der Waals surface area (Å²) in [4.78, 5) is 9.52. The molecule has 0 spiro atoms. The highest BCUT2D eigenvalue weighted by Crippen LogP contribution is 2.48. The smallest absolute Gasteiger partial charge is 0.0723 e. The van der Waals surface area contributed by atoms with E-state index in [4.69, 9.17) is 9.97 Å². The number of anilines is 4. The maximum atomic E-state index is 4.76. The van der Waals surface area contributed by atoms with Crippen molar-refractivity contribution in [1.29, 1.82) is 0 Å². The lowest BCUT2D eigenvalue weighted by Crippen LogP contribution is -2.27. The largest absolute Gasteiger partial charge is 0.354 e. The number of para-hydroxylation sites is 2. The molecule has 2 atom stereocenters. The van der Waals surface area contributed by atoms with Gasteiger partial charge in [0, 0.05) is 67.1 Å². The van der Waals surface area contributed by atoms with Crippen LogP contribution in [-0.4, -0.2) is 21.3 Å². The van der Waals surface area contributed by atoms with Crippen LogP contribution in [0.25, 0.3) is 21.8 Å². The Labute approximate surface area is 250 Å². The number of nitrogens with zero attached hydrogens (tertiary/aromatic N) is 2. The highest BCUT2D eigenvalue weighted by Gasteiger charge is 2.29. The fraction of sp³-hybridized carbons (Fsp3) is 0.167. The molecule has 42 heavy (non-hydrogen) atoms. The standard InChI is InChI=1S/C36H34N4P2/c1-23(2)41-33-15-7-5-13-27(33)39-28-14-6-8-16-34(28)42(24(3)4)36-20-26-12-10-18-38-30(26)22-32(36)40-31-21-29-25(19-35(31)41)11-9-17-37-29/h5-24,39-40H,1-4H3. The second kappa shape index (κ2) is 11.1. The molecule has 7 rings (SSSR count). The van der Waals surface area contributed by atoms with Crippen molar-refractivity contribution in [3.63, 3.8) is 0 Å². The van der Waals surface area contributed by atoms with E-state index in [1.54, 1.807) is 0 Å². The van der Waals surface area contributed by atoms with Crippen LogP contribution in [0.15, 0.2) is 109 Å². The van der Waals surface area contributed by atoms with E-state index in [1.165, 1.54) is 43.4 Å². The third-order valence-corrected chi connectivity index (χ3v) is 13.5. The van der Waals surface area contributed by atoms with E-state index >= 15 is 0 Å². The van der Waals surface area contributed by atoms with E-state index in [2.05, 4.69) is 123 Å². The van der Waals surface area contributed by atoms with Gasteiger partial charge in [-0.1, -0.05) is 76.2 Å². The lowest BCUT2D eigenvalue weighted by molar-refractivity contribution is 1.10. The van der Waals surface area contributed by atoms with Crippen LogP contribution in [0.1, 0.15) is 27.7 Å². The zero-order chi connectivity index (χ0) is 28.8. The first-order chi connectivity index (χ1) is 20.5. The minimum absolute atomic E-state index is 0.418. The normalized spacial score (nSPS) is 16.4. The van der Waals surface area contributed by atoms with E-state index in [-0.39, 0.29) is 0 Å². The molecule has 208 valence electrons. The van der Waals surface area contributed by atoms with Gasteiger partial charge in [0.2, 0.25) is 0 Å². The Kier molecular flexibility index (Phi) is 7.14. The molecule has 0 aliphatic carbocycles. The third-order valence-electron chi connectivity index (χ3n) is 7.86. The zero-order valence-electron chi connectivity index (χ0n) is 24.3. The van der Waals surface area contributed by atoms with Crippen LogP contribution in [0, 0.1) is 0 Å². The first-order valence-corrected chi connectivity index (χ1v) is 17.4. The Morgan fingerprint density at radius 2 is 0.905 bits per heavy atom. The van der Waals surface area contributed by atoms with E-state index in [1.807, 2.05) is 24.5 Å². The molecule has 3 heterocycles. The molecule has 6 aromatic rings. The summed E-state index contributed by atoms with van der Waals surface area (Å²) in [6.07, 6.45) is 3.77. The molecule has 0 bridgehead atoms. The summed E-state index contributed by atoms with van der Waals surface area (Å²) in [5.74, 6) is 0. The molecule has 1 aliphatic rings. The topological polar surface area (TPSA) is 49.8 Å². The van der Waals surface area contributed by atoms with Gasteiger partial charge in [-0.3, -0.25) is 9.97 Å². The number of aromatic nitrogens is 2. The molecule has 2 aromatic heterocycles. The van der Waals surface area contributed by atoms with Gasteiger partial charge in [0.25, 0.3) is 0 Å². The molecule has 6 heteroatoms. The van der Waals surface area contributed by atoms with E-state index < -0.39 is 15.8 Å². The van der Waals surface area contributed by atoms with Crippen LogP contribution in [0.3, 0.4) is 0 Å². The Bertz CT molecular complexity index is 1800. The molecule has 0 saturated carbocycles. The molecule has 4 nitrogen and oxygen atoms in total. The molecular formula is C36H34N4P2. The van der Waals surface area contributed by atoms with Crippen molar-refractivity contribution in [3.05, 3.63) is 109 Å². The van der Waals surface area contributed by atoms with Crippen LogP contribution in [0.2, 0.25) is 0 Å². The summed E-state index contributed by atoms with van der Waals surface area (Å²) in [7, 11) is -1.46. The zero-order valence-corrected chi connectivity index (χ0v) is 26.1. The van der Waals surface area contributed by atoms with Gasteiger partial charge >= 0.3 is 0 Å². The van der Waals surface area contributed by atoms with Crippen LogP contribution < -0.4 is 31.9 Å². The highest BCUT2D eigenvalue weighted by molar-refractivity contribution is 7.74. The summed E-state index contributed by atoms with van der Waals surface area (Å²) >= 11 is 0. The SMILES string of the molecule is CC(C)P1c2ccccc2Nc2ccccc2P(C(C)C)c2cc3cccnc3cc2Nc2cc3ncccc3cc21. The van der Waals surface area contributed by atoms with Crippen molar-refractivity contribution in [2.75, 3.05) is 10.6 Å². The molecule has 0 amide bonds. The predicted molar refractivity (Wildman–Crippen MR) is 186 cm³/mol. The molecule has 1 aliphatic heterocycles. The number of pyridine rings is 2. The lowest BCUT2D eigenvalue weighted by atomic mass is 10.1. The van der Waals surface area contributed by atoms with Crippen LogP contribution in [-0.2, 0) is 0 Å². The Morgan fingerprint density at radius 3 is 1.36 bits per heavy atom. The minimum Gasteiger partial charge on any atom is -0.354 e. The fourth-order valence-corrected chi connectivity index (χ4v) is 11.4. The first kappa shape index (κ1) is 27.0. The summed E-state index contributed by atoms with van der Waals surface area (Å²) in [6, 6.07) is 35.5. The highest BCUT2D eigenvalue weighted by atomic mass is 31.1. The lowest BCUT2D eigenvalue weighted by Gasteiger charge is -2.32. The minimum atomic E-state index is -0.728. The van der Waals surface area contributed by atoms with Gasteiger partial charge in [-0.15, -0.1) is 0 Å². The molecule has 4 aromatic carbocycles. The molecule has 0 radical (unpaired) electrons. The van der Waals surface area contributed by atoms with E-state index in [0.29, 0.717) is 11.3 Å². The van der Waals surface area contributed by atoms with Crippen LogP contribution in [0.5, 0.6) is 0 Å². The van der Waals surface area contributed by atoms with Gasteiger partial charge in [0.05, 0.1) is 11.0 Å². The van der Waals surface area contributed by atoms with Crippen molar-refractivity contribution in [2.24, 2.45) is 0 Å². The van der Waals surface area contributed by atoms with Gasteiger partial charge in [0.15, 0.2) is 0 Å². The first-order valence-electron chi connectivity index (χ1n) is 14.6. The number of benzene rings is 4.